The van der Waals surface area contributed by atoms with Crippen molar-refractivity contribution in [3.63, 3.8) is 0 Å². The molecule has 106 valence electrons. The third kappa shape index (κ3) is 2.65. The van der Waals surface area contributed by atoms with E-state index in [1.54, 1.807) is 24.0 Å². The molecule has 1 aromatic carbocycles. The average Bonchev–Trinajstić information content (AvgIpc) is 2.81. The molecule has 2 rings (SSSR count). The third-order valence-corrected chi connectivity index (χ3v) is 3.26. The van der Waals surface area contributed by atoms with Crippen LogP contribution in [0.5, 0.6) is 0 Å². The number of hydrogen-bond donors (Lipinski definition) is 0. The molecule has 0 unspecified atom stereocenters. The lowest BCUT2D eigenvalue weighted by molar-refractivity contribution is 0.0776. The largest absolute Gasteiger partial charge is 0.337 e. The van der Waals surface area contributed by atoms with Crippen molar-refractivity contribution < 1.29 is 13.6 Å². The van der Waals surface area contributed by atoms with Crippen molar-refractivity contribution in [3.05, 3.63) is 52.6 Å². The molecule has 0 saturated carbocycles. The Morgan fingerprint density at radius 3 is 2.75 bits per heavy atom. The van der Waals surface area contributed by atoms with Crippen molar-refractivity contribution >= 4 is 17.5 Å². The Kier molecular flexibility index (Phi) is 4.04. The molecule has 0 atom stereocenters. The summed E-state index contributed by atoms with van der Waals surface area (Å²) in [5, 5.41) is -0.679. The lowest BCUT2D eigenvalue weighted by Crippen LogP contribution is -2.28. The van der Waals surface area contributed by atoms with Gasteiger partial charge in [-0.3, -0.25) is 4.79 Å². The highest BCUT2D eigenvalue weighted by Gasteiger charge is 2.21. The van der Waals surface area contributed by atoms with Crippen LogP contribution in [0.2, 0.25) is 5.02 Å². The number of aromatic nitrogens is 2. The van der Waals surface area contributed by atoms with E-state index < -0.39 is 22.6 Å². The van der Waals surface area contributed by atoms with E-state index in [0.717, 1.165) is 12.1 Å². The van der Waals surface area contributed by atoms with Gasteiger partial charge in [0.05, 0.1) is 12.1 Å². The molecule has 0 saturated heterocycles. The third-order valence-electron chi connectivity index (χ3n) is 2.91. The van der Waals surface area contributed by atoms with E-state index in [4.69, 9.17) is 11.6 Å². The number of carbonyl (C=O) groups is 1. The number of hydrogen-bond acceptors (Lipinski definition) is 2. The van der Waals surface area contributed by atoms with E-state index in [2.05, 4.69) is 4.98 Å². The summed E-state index contributed by atoms with van der Waals surface area (Å²) in [6.45, 7) is 0.205. The van der Waals surface area contributed by atoms with Gasteiger partial charge in [0.15, 0.2) is 5.82 Å². The topological polar surface area (TPSA) is 38.1 Å². The molecule has 0 aliphatic carbocycles. The van der Waals surface area contributed by atoms with Gasteiger partial charge < -0.3 is 9.47 Å². The summed E-state index contributed by atoms with van der Waals surface area (Å²) in [7, 11) is 3.30. The summed E-state index contributed by atoms with van der Waals surface area (Å²) in [6.07, 6.45) is 3.34. The summed E-state index contributed by atoms with van der Waals surface area (Å²) in [5.74, 6) is -1.89. The summed E-state index contributed by atoms with van der Waals surface area (Å²) < 4.78 is 28.6. The van der Waals surface area contributed by atoms with E-state index in [1.807, 2.05) is 0 Å². The molecule has 1 amide bonds. The molecule has 0 spiro atoms. The van der Waals surface area contributed by atoms with E-state index in [9.17, 15) is 13.6 Å². The normalized spacial score (nSPS) is 10.7. The monoisotopic (exact) mass is 299 g/mol. The second kappa shape index (κ2) is 5.58. The summed E-state index contributed by atoms with van der Waals surface area (Å²) in [5.41, 5.74) is -0.270. The first-order chi connectivity index (χ1) is 9.41. The first-order valence-electron chi connectivity index (χ1n) is 5.77. The Hall–Kier alpha value is -1.95. The number of halogens is 3. The molecule has 0 aliphatic rings. The van der Waals surface area contributed by atoms with Crippen molar-refractivity contribution in [1.29, 1.82) is 0 Å². The molecule has 2 aromatic rings. The van der Waals surface area contributed by atoms with Crippen LogP contribution in [-0.4, -0.2) is 27.4 Å². The number of benzene rings is 1. The minimum atomic E-state index is -1.05. The zero-order chi connectivity index (χ0) is 14.9. The summed E-state index contributed by atoms with van der Waals surface area (Å²) in [6, 6.07) is 2.04. The molecule has 0 aliphatic heterocycles. The predicted octanol–water partition coefficient (Wildman–Crippen LogP) is 2.62. The quantitative estimate of drug-likeness (QED) is 0.817. The Morgan fingerprint density at radius 1 is 1.45 bits per heavy atom. The average molecular weight is 300 g/mol. The fraction of sp³-hybridized carbons (Fsp3) is 0.231. The van der Waals surface area contributed by atoms with Crippen LogP contribution < -0.4 is 0 Å². The molecule has 0 radical (unpaired) electrons. The van der Waals surface area contributed by atoms with Crippen LogP contribution >= 0.6 is 11.6 Å². The minimum absolute atomic E-state index is 0.205. The van der Waals surface area contributed by atoms with Crippen LogP contribution in [0.25, 0.3) is 0 Å². The van der Waals surface area contributed by atoms with Crippen LogP contribution in [0.3, 0.4) is 0 Å². The van der Waals surface area contributed by atoms with Gasteiger partial charge in [-0.15, -0.1) is 0 Å². The fourth-order valence-electron chi connectivity index (χ4n) is 1.73. The summed E-state index contributed by atoms with van der Waals surface area (Å²) >= 11 is 5.46. The van der Waals surface area contributed by atoms with Crippen molar-refractivity contribution in [3.8, 4) is 0 Å². The maximum absolute atomic E-state index is 13.8. The highest BCUT2D eigenvalue weighted by Crippen LogP contribution is 2.23. The van der Waals surface area contributed by atoms with Gasteiger partial charge in [-0.05, 0) is 12.1 Å². The maximum Gasteiger partial charge on any atom is 0.257 e. The van der Waals surface area contributed by atoms with Crippen LogP contribution in [0, 0.1) is 11.6 Å². The van der Waals surface area contributed by atoms with Crippen LogP contribution in [-0.2, 0) is 13.6 Å². The second-order valence-electron chi connectivity index (χ2n) is 4.34. The smallest absolute Gasteiger partial charge is 0.257 e. The molecule has 1 aromatic heterocycles. The Morgan fingerprint density at radius 2 is 2.15 bits per heavy atom. The SMILES string of the molecule is CN(Cc1nccn1C)C(=O)c1ccc(F)c(Cl)c1F. The van der Waals surface area contributed by atoms with Gasteiger partial charge in [0.1, 0.15) is 16.7 Å². The maximum atomic E-state index is 13.8. The van der Waals surface area contributed by atoms with Crippen molar-refractivity contribution in [2.75, 3.05) is 7.05 Å². The fourth-order valence-corrected chi connectivity index (χ4v) is 1.89. The highest BCUT2D eigenvalue weighted by molar-refractivity contribution is 6.31. The van der Waals surface area contributed by atoms with Gasteiger partial charge in [-0.1, -0.05) is 11.6 Å². The molecule has 0 fully saturated rings. The van der Waals surface area contributed by atoms with Crippen LogP contribution in [0.15, 0.2) is 24.5 Å². The van der Waals surface area contributed by atoms with Gasteiger partial charge in [-0.25, -0.2) is 13.8 Å². The van der Waals surface area contributed by atoms with Crippen molar-refractivity contribution in [2.24, 2.45) is 7.05 Å². The van der Waals surface area contributed by atoms with Gasteiger partial charge in [0.25, 0.3) is 5.91 Å². The van der Waals surface area contributed by atoms with Gasteiger partial charge >= 0.3 is 0 Å². The Balaban J connectivity index is 2.23. The minimum Gasteiger partial charge on any atom is -0.337 e. The van der Waals surface area contributed by atoms with Gasteiger partial charge in [0, 0.05) is 26.5 Å². The van der Waals surface area contributed by atoms with E-state index in [-0.39, 0.29) is 12.1 Å². The Labute approximate surface area is 119 Å². The molecular formula is C13H12ClF2N3O. The summed E-state index contributed by atoms with van der Waals surface area (Å²) in [4.78, 5) is 17.5. The molecule has 0 N–H and O–H groups in total. The lowest BCUT2D eigenvalue weighted by Gasteiger charge is -2.17. The second-order valence-corrected chi connectivity index (χ2v) is 4.72. The molecule has 4 nitrogen and oxygen atoms in total. The Bertz CT molecular complexity index is 657. The van der Waals surface area contributed by atoms with Crippen LogP contribution in [0.4, 0.5) is 8.78 Å². The highest BCUT2D eigenvalue weighted by atomic mass is 35.5. The molecular weight excluding hydrogens is 288 g/mol. The molecule has 20 heavy (non-hydrogen) atoms. The van der Waals surface area contributed by atoms with Gasteiger partial charge in [0.2, 0.25) is 0 Å². The standard InChI is InChI=1S/C13H12ClF2N3O/c1-18-6-5-17-10(18)7-19(2)13(20)8-3-4-9(15)11(14)12(8)16/h3-6H,7H2,1-2H3. The number of rotatable bonds is 3. The number of amides is 1. The molecule has 0 bridgehead atoms. The van der Waals surface area contributed by atoms with Crippen molar-refractivity contribution in [1.82, 2.24) is 14.5 Å². The lowest BCUT2D eigenvalue weighted by atomic mass is 10.2. The zero-order valence-electron chi connectivity index (χ0n) is 10.9. The molecule has 7 heteroatoms. The van der Waals surface area contributed by atoms with Crippen LogP contribution in [0.1, 0.15) is 16.2 Å². The van der Waals surface area contributed by atoms with Gasteiger partial charge in [-0.2, -0.15) is 0 Å². The first kappa shape index (κ1) is 14.5. The number of carbonyl (C=O) groups excluding carboxylic acids is 1. The van der Waals surface area contributed by atoms with E-state index in [0.29, 0.717) is 5.82 Å². The van der Waals surface area contributed by atoms with Crippen molar-refractivity contribution in [2.45, 2.75) is 6.54 Å². The van der Waals surface area contributed by atoms with E-state index >= 15 is 0 Å². The zero-order valence-corrected chi connectivity index (χ0v) is 11.7. The first-order valence-corrected chi connectivity index (χ1v) is 6.14. The predicted molar refractivity (Wildman–Crippen MR) is 70.4 cm³/mol. The molecule has 1 heterocycles. The van der Waals surface area contributed by atoms with E-state index in [1.165, 1.54) is 11.9 Å². The number of aryl methyl sites for hydroxylation is 1. The number of imidazole rings is 1. The number of nitrogens with zero attached hydrogens (tertiary/aromatic N) is 3.